The predicted molar refractivity (Wildman–Crippen MR) is 91.6 cm³/mol. The van der Waals surface area contributed by atoms with Crippen molar-refractivity contribution >= 4 is 0 Å². The van der Waals surface area contributed by atoms with Gasteiger partial charge in [0.2, 0.25) is 0 Å². The molecule has 0 radical (unpaired) electrons. The maximum atomic E-state index is 6.19. The first-order chi connectivity index (χ1) is 11.3. The van der Waals surface area contributed by atoms with Crippen LogP contribution in [0.3, 0.4) is 0 Å². The molecule has 0 N–H and O–H groups in total. The van der Waals surface area contributed by atoms with Crippen molar-refractivity contribution < 1.29 is 9.47 Å². The molecule has 1 spiro atoms. The van der Waals surface area contributed by atoms with E-state index in [0.29, 0.717) is 11.5 Å². The van der Waals surface area contributed by atoms with Crippen LogP contribution in [0, 0.1) is 5.41 Å². The first kappa shape index (κ1) is 15.6. The monoisotopic (exact) mass is 315 g/mol. The summed E-state index contributed by atoms with van der Waals surface area (Å²) in [7, 11) is 0. The highest BCUT2D eigenvalue weighted by Crippen LogP contribution is 2.43. The molecule has 3 aliphatic heterocycles. The second-order valence-corrected chi connectivity index (χ2v) is 7.71. The zero-order chi connectivity index (χ0) is 15.5. The van der Waals surface area contributed by atoms with Gasteiger partial charge in [-0.15, -0.1) is 0 Å². The minimum atomic E-state index is 0.423. The molecule has 0 unspecified atom stereocenters. The molecular weight excluding hydrogens is 286 g/mol. The van der Waals surface area contributed by atoms with E-state index in [4.69, 9.17) is 9.47 Å². The number of rotatable bonds is 3. The number of piperidine rings is 1. The summed E-state index contributed by atoms with van der Waals surface area (Å²) in [6.07, 6.45) is 7.83. The molecule has 3 heterocycles. The summed E-state index contributed by atoms with van der Waals surface area (Å²) < 4.78 is 11.7. The van der Waals surface area contributed by atoms with Crippen LogP contribution in [-0.4, -0.2) is 50.0 Å². The van der Waals surface area contributed by atoms with Crippen molar-refractivity contribution in [2.45, 2.75) is 50.7 Å². The molecule has 1 atom stereocenters. The van der Waals surface area contributed by atoms with Crippen LogP contribution >= 0.6 is 0 Å². The smallest absolute Gasteiger partial charge is 0.0621 e. The van der Waals surface area contributed by atoms with Crippen LogP contribution in [0.1, 0.15) is 37.7 Å². The second kappa shape index (κ2) is 6.92. The number of hydrogen-bond acceptors (Lipinski definition) is 3. The predicted octanol–water partition coefficient (Wildman–Crippen LogP) is 3.28. The van der Waals surface area contributed by atoms with E-state index < -0.39 is 0 Å². The Bertz CT molecular complexity index is 490. The lowest BCUT2D eigenvalue weighted by Gasteiger charge is -2.43. The van der Waals surface area contributed by atoms with Gasteiger partial charge in [-0.2, -0.15) is 0 Å². The number of nitrogens with zero attached hydrogens (tertiary/aromatic N) is 1. The largest absolute Gasteiger partial charge is 0.381 e. The second-order valence-electron chi connectivity index (χ2n) is 7.71. The van der Waals surface area contributed by atoms with Crippen LogP contribution < -0.4 is 0 Å². The number of likely N-dealkylation sites (tertiary alicyclic amines) is 1. The third kappa shape index (κ3) is 3.62. The van der Waals surface area contributed by atoms with Gasteiger partial charge in [-0.25, -0.2) is 0 Å². The highest BCUT2D eigenvalue weighted by atomic mass is 16.5. The fourth-order valence-electron chi connectivity index (χ4n) is 4.67. The SMILES string of the molecule is c1ccc(C[C@@H]2CC3(CCN(C4CCOCC4)CC3)CO2)cc1. The molecule has 1 aromatic rings. The molecule has 0 aliphatic carbocycles. The lowest BCUT2D eigenvalue weighted by molar-refractivity contribution is 0.00223. The first-order valence-electron chi connectivity index (χ1n) is 9.30. The summed E-state index contributed by atoms with van der Waals surface area (Å²) in [5.41, 5.74) is 1.87. The zero-order valence-electron chi connectivity index (χ0n) is 14.1. The van der Waals surface area contributed by atoms with Gasteiger partial charge < -0.3 is 14.4 Å². The van der Waals surface area contributed by atoms with Crippen molar-refractivity contribution in [1.82, 2.24) is 4.90 Å². The normalized spacial score (nSPS) is 29.1. The highest BCUT2D eigenvalue weighted by Gasteiger charge is 2.43. The van der Waals surface area contributed by atoms with E-state index in [-0.39, 0.29) is 0 Å². The molecule has 0 aromatic heterocycles. The van der Waals surface area contributed by atoms with Gasteiger partial charge in [-0.1, -0.05) is 30.3 Å². The molecule has 1 aromatic carbocycles. The summed E-state index contributed by atoms with van der Waals surface area (Å²) in [6, 6.07) is 11.6. The Morgan fingerprint density at radius 3 is 2.52 bits per heavy atom. The Morgan fingerprint density at radius 1 is 1.04 bits per heavy atom. The van der Waals surface area contributed by atoms with E-state index >= 15 is 0 Å². The van der Waals surface area contributed by atoms with Crippen molar-refractivity contribution in [1.29, 1.82) is 0 Å². The van der Waals surface area contributed by atoms with Gasteiger partial charge in [0.25, 0.3) is 0 Å². The average molecular weight is 315 g/mol. The molecule has 3 nitrogen and oxygen atoms in total. The van der Waals surface area contributed by atoms with Gasteiger partial charge in [0.1, 0.15) is 0 Å². The minimum absolute atomic E-state index is 0.423. The van der Waals surface area contributed by atoms with Crippen molar-refractivity contribution in [3.63, 3.8) is 0 Å². The van der Waals surface area contributed by atoms with Crippen LogP contribution in [0.25, 0.3) is 0 Å². The van der Waals surface area contributed by atoms with Gasteiger partial charge in [0, 0.05) is 19.3 Å². The Balaban J connectivity index is 1.29. The first-order valence-corrected chi connectivity index (χ1v) is 9.30. The van der Waals surface area contributed by atoms with Crippen LogP contribution in [0.2, 0.25) is 0 Å². The fraction of sp³-hybridized carbons (Fsp3) is 0.700. The van der Waals surface area contributed by atoms with Gasteiger partial charge in [0.05, 0.1) is 12.7 Å². The van der Waals surface area contributed by atoms with Crippen molar-refractivity contribution in [2.24, 2.45) is 5.41 Å². The molecule has 4 rings (SSSR count). The van der Waals surface area contributed by atoms with Crippen LogP contribution in [0.4, 0.5) is 0 Å². The molecular formula is C20H29NO2. The summed E-state index contributed by atoms with van der Waals surface area (Å²) >= 11 is 0. The highest BCUT2D eigenvalue weighted by molar-refractivity contribution is 5.16. The third-order valence-corrected chi connectivity index (χ3v) is 6.16. The number of benzene rings is 1. The van der Waals surface area contributed by atoms with E-state index in [9.17, 15) is 0 Å². The lowest BCUT2D eigenvalue weighted by atomic mass is 9.75. The van der Waals surface area contributed by atoms with Crippen molar-refractivity contribution in [3.8, 4) is 0 Å². The maximum absolute atomic E-state index is 6.19. The minimum Gasteiger partial charge on any atom is -0.381 e. The third-order valence-electron chi connectivity index (χ3n) is 6.16. The zero-order valence-corrected chi connectivity index (χ0v) is 14.1. The molecule has 0 amide bonds. The van der Waals surface area contributed by atoms with Gasteiger partial charge in [-0.3, -0.25) is 0 Å². The Kier molecular flexibility index (Phi) is 4.70. The summed E-state index contributed by atoms with van der Waals surface area (Å²) in [4.78, 5) is 2.72. The van der Waals surface area contributed by atoms with E-state index in [1.54, 1.807) is 0 Å². The van der Waals surface area contributed by atoms with Gasteiger partial charge >= 0.3 is 0 Å². The summed E-state index contributed by atoms with van der Waals surface area (Å²) in [5, 5.41) is 0. The van der Waals surface area contributed by atoms with Crippen molar-refractivity contribution in [3.05, 3.63) is 35.9 Å². The molecule has 3 aliphatic rings. The fourth-order valence-corrected chi connectivity index (χ4v) is 4.67. The van der Waals surface area contributed by atoms with E-state index in [0.717, 1.165) is 32.3 Å². The molecule has 0 bridgehead atoms. The molecule has 23 heavy (non-hydrogen) atoms. The Morgan fingerprint density at radius 2 is 1.78 bits per heavy atom. The molecule has 3 saturated heterocycles. The standard InChI is InChI=1S/C20H29NO2/c1-2-4-17(5-3-1)14-19-15-20(16-23-19)8-10-21(11-9-20)18-6-12-22-13-7-18/h1-5,18-19H,6-16H2/t19-/m1/s1. The topological polar surface area (TPSA) is 21.7 Å². The number of ether oxygens (including phenoxy) is 2. The summed E-state index contributed by atoms with van der Waals surface area (Å²) in [6.45, 7) is 5.40. The number of hydrogen-bond donors (Lipinski definition) is 0. The van der Waals surface area contributed by atoms with E-state index in [1.807, 2.05) is 0 Å². The van der Waals surface area contributed by atoms with Gasteiger partial charge in [0.15, 0.2) is 0 Å². The maximum Gasteiger partial charge on any atom is 0.0621 e. The Labute approximate surface area is 140 Å². The van der Waals surface area contributed by atoms with Crippen LogP contribution in [0.5, 0.6) is 0 Å². The van der Waals surface area contributed by atoms with Crippen LogP contribution in [0.15, 0.2) is 30.3 Å². The van der Waals surface area contributed by atoms with E-state index in [2.05, 4.69) is 35.2 Å². The average Bonchev–Trinajstić information content (AvgIpc) is 2.99. The molecule has 3 heteroatoms. The van der Waals surface area contributed by atoms with Crippen molar-refractivity contribution in [2.75, 3.05) is 32.9 Å². The lowest BCUT2D eigenvalue weighted by Crippen LogP contribution is -2.47. The Hall–Kier alpha value is -0.900. The summed E-state index contributed by atoms with van der Waals surface area (Å²) in [5.74, 6) is 0. The quantitative estimate of drug-likeness (QED) is 0.854. The molecule has 0 saturated carbocycles. The molecule has 3 fully saturated rings. The van der Waals surface area contributed by atoms with E-state index in [1.165, 1.54) is 50.8 Å². The van der Waals surface area contributed by atoms with Gasteiger partial charge in [-0.05, 0) is 62.6 Å². The van der Waals surface area contributed by atoms with Crippen LogP contribution in [-0.2, 0) is 15.9 Å². The molecule has 126 valence electrons.